The van der Waals surface area contributed by atoms with E-state index in [1.165, 1.54) is 4.68 Å². The smallest absolute Gasteiger partial charge is 0.258 e. The summed E-state index contributed by atoms with van der Waals surface area (Å²) >= 11 is 0. The molecule has 9 nitrogen and oxygen atoms in total. The van der Waals surface area contributed by atoms with Gasteiger partial charge >= 0.3 is 0 Å². The number of carbonyl (C=O) groups excluding carboxylic acids is 2. The molecular formula is C22H19N7O2. The van der Waals surface area contributed by atoms with Gasteiger partial charge in [-0.25, -0.2) is 0 Å². The molecule has 4 rings (SSSR count). The molecule has 1 aromatic carbocycles. The van der Waals surface area contributed by atoms with Crippen LogP contribution in [0, 0.1) is 13.8 Å². The Morgan fingerprint density at radius 1 is 0.806 bits per heavy atom. The molecule has 0 atom stereocenters. The van der Waals surface area contributed by atoms with Crippen molar-refractivity contribution >= 4 is 23.7 Å². The fraction of sp³-hybridized carbons (Fsp3) is 0.0909. The standard InChI is InChI=1S/C22H19N7O2/c1-14-12-23-10-8-17(14)19(30)25-21-27-22(29(28-21)16-6-4-3-5-7-16)26-20(31)18-9-11-24-13-15(18)2/h3-13H,1-2H3,(H2,25,26,27,28,30,31). The number of nitrogens with one attached hydrogen (secondary N) is 2. The maximum absolute atomic E-state index is 12.8. The van der Waals surface area contributed by atoms with Gasteiger partial charge in [0.25, 0.3) is 17.8 Å². The van der Waals surface area contributed by atoms with Gasteiger partial charge in [0.15, 0.2) is 0 Å². The number of amides is 2. The number of anilines is 2. The van der Waals surface area contributed by atoms with Crippen LogP contribution in [0.2, 0.25) is 0 Å². The first-order valence-electron chi connectivity index (χ1n) is 9.49. The second-order valence-electron chi connectivity index (χ2n) is 6.80. The van der Waals surface area contributed by atoms with E-state index >= 15 is 0 Å². The maximum Gasteiger partial charge on any atom is 0.258 e. The first kappa shape index (κ1) is 19.9. The Hall–Kier alpha value is -4.40. The zero-order valence-corrected chi connectivity index (χ0v) is 16.9. The van der Waals surface area contributed by atoms with Gasteiger partial charge in [-0.1, -0.05) is 18.2 Å². The Morgan fingerprint density at radius 3 is 1.97 bits per heavy atom. The molecule has 31 heavy (non-hydrogen) atoms. The molecule has 0 unspecified atom stereocenters. The van der Waals surface area contributed by atoms with Crippen LogP contribution in [0.4, 0.5) is 11.9 Å². The molecule has 4 aromatic rings. The highest BCUT2D eigenvalue weighted by Crippen LogP contribution is 2.18. The minimum absolute atomic E-state index is 0.0619. The van der Waals surface area contributed by atoms with E-state index in [4.69, 9.17) is 0 Å². The second-order valence-corrected chi connectivity index (χ2v) is 6.80. The Kier molecular flexibility index (Phi) is 5.48. The lowest BCUT2D eigenvalue weighted by molar-refractivity contribution is 0.101. The van der Waals surface area contributed by atoms with Gasteiger partial charge in [0.05, 0.1) is 5.69 Å². The molecular weight excluding hydrogens is 394 g/mol. The largest absolute Gasteiger partial charge is 0.290 e. The van der Waals surface area contributed by atoms with Gasteiger partial charge in [-0.15, -0.1) is 5.10 Å². The third-order valence-electron chi connectivity index (χ3n) is 4.59. The molecule has 9 heteroatoms. The summed E-state index contributed by atoms with van der Waals surface area (Å²) in [6, 6.07) is 12.4. The van der Waals surface area contributed by atoms with Gasteiger partial charge in [0.1, 0.15) is 0 Å². The molecule has 0 bridgehead atoms. The second kappa shape index (κ2) is 8.54. The van der Waals surface area contributed by atoms with Gasteiger partial charge in [-0.3, -0.25) is 30.2 Å². The number of pyridine rings is 2. The van der Waals surface area contributed by atoms with Crippen LogP contribution in [0.3, 0.4) is 0 Å². The molecule has 0 saturated carbocycles. The number of aryl methyl sites for hydroxylation is 2. The average molecular weight is 413 g/mol. The zero-order valence-electron chi connectivity index (χ0n) is 16.9. The van der Waals surface area contributed by atoms with Gasteiger partial charge in [0, 0.05) is 35.9 Å². The van der Waals surface area contributed by atoms with Gasteiger partial charge < -0.3 is 0 Å². The van der Waals surface area contributed by atoms with Crippen molar-refractivity contribution in [3.63, 3.8) is 0 Å². The van der Waals surface area contributed by atoms with E-state index in [1.54, 1.807) is 50.8 Å². The molecule has 0 aliphatic heterocycles. The van der Waals surface area contributed by atoms with Crippen molar-refractivity contribution < 1.29 is 9.59 Å². The Bertz CT molecular complexity index is 1250. The SMILES string of the molecule is Cc1cnccc1C(=O)Nc1nc(NC(=O)c2ccncc2C)n(-c2ccccc2)n1. The van der Waals surface area contributed by atoms with Crippen molar-refractivity contribution in [2.24, 2.45) is 0 Å². The Labute approximate surface area is 178 Å². The number of rotatable bonds is 5. The number of aromatic nitrogens is 5. The first-order valence-corrected chi connectivity index (χ1v) is 9.49. The number of hydrogen-bond acceptors (Lipinski definition) is 6. The summed E-state index contributed by atoms with van der Waals surface area (Å²) in [5, 5.41) is 9.83. The van der Waals surface area contributed by atoms with Crippen LogP contribution in [0.15, 0.2) is 67.3 Å². The van der Waals surface area contributed by atoms with Crippen LogP contribution in [0.1, 0.15) is 31.8 Å². The number of carbonyl (C=O) groups is 2. The normalized spacial score (nSPS) is 10.5. The van der Waals surface area contributed by atoms with Crippen molar-refractivity contribution in [3.05, 3.63) is 89.5 Å². The van der Waals surface area contributed by atoms with Crippen molar-refractivity contribution in [3.8, 4) is 5.69 Å². The molecule has 0 radical (unpaired) electrons. The Balaban J connectivity index is 1.66. The Morgan fingerprint density at radius 2 is 1.39 bits per heavy atom. The fourth-order valence-electron chi connectivity index (χ4n) is 2.99. The lowest BCUT2D eigenvalue weighted by Crippen LogP contribution is -2.17. The molecule has 154 valence electrons. The van der Waals surface area contributed by atoms with Crippen molar-refractivity contribution in [1.29, 1.82) is 0 Å². The van der Waals surface area contributed by atoms with Crippen LogP contribution in [-0.2, 0) is 0 Å². The van der Waals surface area contributed by atoms with E-state index in [-0.39, 0.29) is 23.7 Å². The molecule has 0 aliphatic carbocycles. The molecule has 0 saturated heterocycles. The van der Waals surface area contributed by atoms with Crippen LogP contribution in [-0.4, -0.2) is 36.5 Å². The maximum atomic E-state index is 12.8. The van der Waals surface area contributed by atoms with Crippen molar-refractivity contribution in [2.45, 2.75) is 13.8 Å². The highest BCUT2D eigenvalue weighted by Gasteiger charge is 2.19. The van der Waals surface area contributed by atoms with E-state index in [9.17, 15) is 9.59 Å². The lowest BCUT2D eigenvalue weighted by atomic mass is 10.1. The fourth-order valence-corrected chi connectivity index (χ4v) is 2.99. The monoisotopic (exact) mass is 413 g/mol. The van der Waals surface area contributed by atoms with E-state index < -0.39 is 0 Å². The third-order valence-corrected chi connectivity index (χ3v) is 4.59. The minimum atomic E-state index is -0.368. The number of nitrogens with zero attached hydrogens (tertiary/aromatic N) is 5. The summed E-state index contributed by atoms with van der Waals surface area (Å²) in [6.07, 6.45) is 6.31. The summed E-state index contributed by atoms with van der Waals surface area (Å²) in [7, 11) is 0. The summed E-state index contributed by atoms with van der Waals surface area (Å²) in [5.41, 5.74) is 3.06. The van der Waals surface area contributed by atoms with E-state index in [0.717, 1.165) is 11.1 Å². The van der Waals surface area contributed by atoms with E-state index in [2.05, 4.69) is 30.7 Å². The highest BCUT2D eigenvalue weighted by atomic mass is 16.2. The van der Waals surface area contributed by atoms with Gasteiger partial charge in [-0.05, 0) is 49.2 Å². The molecule has 3 heterocycles. The predicted molar refractivity (Wildman–Crippen MR) is 115 cm³/mol. The zero-order chi connectivity index (χ0) is 21.8. The average Bonchev–Trinajstić information content (AvgIpc) is 3.16. The minimum Gasteiger partial charge on any atom is -0.290 e. The molecule has 2 N–H and O–H groups in total. The van der Waals surface area contributed by atoms with Crippen LogP contribution < -0.4 is 10.6 Å². The van der Waals surface area contributed by atoms with Crippen LogP contribution >= 0.6 is 0 Å². The lowest BCUT2D eigenvalue weighted by Gasteiger charge is -2.08. The quantitative estimate of drug-likeness (QED) is 0.519. The van der Waals surface area contributed by atoms with Gasteiger partial charge in [0.2, 0.25) is 5.95 Å². The van der Waals surface area contributed by atoms with Crippen LogP contribution in [0.25, 0.3) is 5.69 Å². The first-order chi connectivity index (χ1) is 15.0. The molecule has 2 amide bonds. The summed E-state index contributed by atoms with van der Waals surface area (Å²) in [6.45, 7) is 3.59. The summed E-state index contributed by atoms with van der Waals surface area (Å²) < 4.78 is 1.46. The number of benzene rings is 1. The van der Waals surface area contributed by atoms with E-state index in [1.807, 2.05) is 30.3 Å². The van der Waals surface area contributed by atoms with E-state index in [0.29, 0.717) is 16.8 Å². The van der Waals surface area contributed by atoms with Gasteiger partial charge in [-0.2, -0.15) is 9.67 Å². The topological polar surface area (TPSA) is 115 Å². The van der Waals surface area contributed by atoms with Crippen molar-refractivity contribution in [2.75, 3.05) is 10.6 Å². The number of para-hydroxylation sites is 1. The third kappa shape index (κ3) is 4.30. The van der Waals surface area contributed by atoms with Crippen molar-refractivity contribution in [1.82, 2.24) is 24.7 Å². The molecule has 3 aromatic heterocycles. The summed E-state index contributed by atoms with van der Waals surface area (Å²) in [5.74, 6) is -0.485. The highest BCUT2D eigenvalue weighted by molar-refractivity contribution is 6.05. The van der Waals surface area contributed by atoms with Crippen LogP contribution in [0.5, 0.6) is 0 Å². The number of hydrogen-bond donors (Lipinski definition) is 2. The molecule has 0 aliphatic rings. The summed E-state index contributed by atoms with van der Waals surface area (Å²) in [4.78, 5) is 37.8. The predicted octanol–water partition coefficient (Wildman–Crippen LogP) is 3.18. The molecule has 0 spiro atoms. The molecule has 0 fully saturated rings.